The Balaban J connectivity index is 0.00000147. The number of fused-ring (bicyclic) bond motifs is 3. The first-order valence-corrected chi connectivity index (χ1v) is 7.16. The first kappa shape index (κ1) is 15.3. The zero-order valence-corrected chi connectivity index (χ0v) is 12.8. The van der Waals surface area contributed by atoms with Gasteiger partial charge in [-0.1, -0.05) is 0 Å². The first-order valence-electron chi connectivity index (χ1n) is 6.63. The van der Waals surface area contributed by atoms with Crippen LogP contribution in [-0.4, -0.2) is 21.3 Å². The Morgan fingerprint density at radius 2 is 2.20 bits per heavy atom. The third-order valence-corrected chi connectivity index (χ3v) is 3.92. The predicted molar refractivity (Wildman–Crippen MR) is 83.3 cm³/mol. The van der Waals surface area contributed by atoms with Gasteiger partial charge in [-0.3, -0.25) is 9.67 Å². The van der Waals surface area contributed by atoms with E-state index in [2.05, 4.69) is 4.98 Å². The lowest BCUT2D eigenvalue weighted by Crippen LogP contribution is -2.09. The van der Waals surface area contributed by atoms with Crippen molar-refractivity contribution >= 4 is 24.0 Å². The molecule has 0 saturated carbocycles. The molecule has 4 nitrogen and oxygen atoms in total. The summed E-state index contributed by atoms with van der Waals surface area (Å²) in [5.74, 6) is 0.507. The Kier molecular flexibility index (Phi) is 5.02. The molecule has 0 fully saturated rings. The molecule has 0 amide bonds. The Hall–Kier alpha value is -1.10. The third kappa shape index (κ3) is 2.55. The van der Waals surface area contributed by atoms with E-state index in [-0.39, 0.29) is 12.4 Å². The van der Waals surface area contributed by atoms with Gasteiger partial charge in [-0.15, -0.1) is 24.0 Å². The van der Waals surface area contributed by atoms with Gasteiger partial charge >= 0.3 is 0 Å². The molecule has 2 aromatic heterocycles. The highest BCUT2D eigenvalue weighted by Gasteiger charge is 2.23. The lowest BCUT2D eigenvalue weighted by Gasteiger charge is -2.14. The number of nitrogens with zero attached hydrogens (tertiary/aromatic N) is 3. The summed E-state index contributed by atoms with van der Waals surface area (Å²) in [6.45, 7) is 1.51. The number of rotatable bonds is 4. The molecular formula is C14H18Cl2N4. The van der Waals surface area contributed by atoms with E-state index < -0.39 is 0 Å². The fourth-order valence-electron chi connectivity index (χ4n) is 2.71. The zero-order valence-electron chi connectivity index (χ0n) is 11.2. The summed E-state index contributed by atoms with van der Waals surface area (Å²) in [4.78, 5) is 4.19. The lowest BCUT2D eigenvalue weighted by atomic mass is 9.91. The van der Waals surface area contributed by atoms with Crippen molar-refractivity contribution in [3.8, 4) is 11.3 Å². The molecule has 1 aliphatic carbocycles. The monoisotopic (exact) mass is 312 g/mol. The van der Waals surface area contributed by atoms with E-state index in [1.165, 1.54) is 16.7 Å². The number of nitrogens with two attached hydrogens (primary N) is 1. The van der Waals surface area contributed by atoms with E-state index >= 15 is 0 Å². The van der Waals surface area contributed by atoms with Crippen molar-refractivity contribution in [1.82, 2.24) is 14.8 Å². The normalized spacial score (nSPS) is 12.5. The smallest absolute Gasteiger partial charge is 0.0962 e. The third-order valence-electron chi connectivity index (χ3n) is 3.67. The Morgan fingerprint density at radius 1 is 1.35 bits per heavy atom. The summed E-state index contributed by atoms with van der Waals surface area (Å²) in [5, 5.41) is 4.75. The van der Waals surface area contributed by atoms with Crippen molar-refractivity contribution in [1.29, 1.82) is 0 Å². The average molecular weight is 313 g/mol. The van der Waals surface area contributed by atoms with Gasteiger partial charge in [0.1, 0.15) is 0 Å². The maximum Gasteiger partial charge on any atom is 0.0962 e. The number of aryl methyl sites for hydroxylation is 2. The minimum absolute atomic E-state index is 0. The maximum absolute atomic E-state index is 6.11. The van der Waals surface area contributed by atoms with Crippen molar-refractivity contribution in [3.05, 3.63) is 35.3 Å². The minimum Gasteiger partial charge on any atom is -0.330 e. The van der Waals surface area contributed by atoms with Gasteiger partial charge in [0.2, 0.25) is 0 Å². The van der Waals surface area contributed by atoms with Crippen LogP contribution in [0.3, 0.4) is 0 Å². The number of aromatic nitrogens is 3. The van der Waals surface area contributed by atoms with E-state index in [1.807, 2.05) is 23.1 Å². The van der Waals surface area contributed by atoms with Crippen LogP contribution in [0.15, 0.2) is 18.5 Å². The number of hydrogen-bond acceptors (Lipinski definition) is 3. The minimum atomic E-state index is 0. The van der Waals surface area contributed by atoms with Crippen LogP contribution < -0.4 is 5.73 Å². The second kappa shape index (κ2) is 6.57. The molecule has 1 aliphatic rings. The van der Waals surface area contributed by atoms with Gasteiger partial charge in [0.25, 0.3) is 0 Å². The molecule has 0 bridgehead atoms. The fraction of sp³-hybridized carbons (Fsp3) is 0.429. The molecule has 0 spiro atoms. The van der Waals surface area contributed by atoms with Crippen LogP contribution in [0.2, 0.25) is 0 Å². The second-order valence-electron chi connectivity index (χ2n) is 4.81. The molecule has 0 unspecified atom stereocenters. The van der Waals surface area contributed by atoms with E-state index in [0.29, 0.717) is 12.4 Å². The summed E-state index contributed by atoms with van der Waals surface area (Å²) >= 11 is 6.11. The summed E-state index contributed by atoms with van der Waals surface area (Å²) in [5.41, 5.74) is 11.6. The van der Waals surface area contributed by atoms with Crippen LogP contribution in [0.4, 0.5) is 0 Å². The molecule has 3 rings (SSSR count). The number of halogens is 2. The van der Waals surface area contributed by atoms with E-state index in [4.69, 9.17) is 22.4 Å². The molecule has 0 saturated heterocycles. The van der Waals surface area contributed by atoms with Crippen molar-refractivity contribution < 1.29 is 0 Å². The van der Waals surface area contributed by atoms with E-state index in [0.717, 1.165) is 37.2 Å². The predicted octanol–water partition coefficient (Wildman–Crippen LogP) is 2.55. The number of alkyl halides is 1. The highest BCUT2D eigenvalue weighted by Crippen LogP contribution is 2.34. The van der Waals surface area contributed by atoms with E-state index in [9.17, 15) is 0 Å². The van der Waals surface area contributed by atoms with Gasteiger partial charge in [0.15, 0.2) is 0 Å². The maximum atomic E-state index is 6.11. The van der Waals surface area contributed by atoms with Crippen molar-refractivity contribution in [3.63, 3.8) is 0 Å². The van der Waals surface area contributed by atoms with Crippen LogP contribution in [-0.2, 0) is 25.3 Å². The Labute approximate surface area is 129 Å². The summed E-state index contributed by atoms with van der Waals surface area (Å²) in [6, 6.07) is 2.05. The molecule has 0 aromatic carbocycles. The molecular weight excluding hydrogens is 295 g/mol. The number of pyridine rings is 1. The molecule has 2 heterocycles. The van der Waals surface area contributed by atoms with Gasteiger partial charge in [-0.05, 0) is 37.4 Å². The zero-order chi connectivity index (χ0) is 13.2. The van der Waals surface area contributed by atoms with E-state index in [1.54, 1.807) is 0 Å². The second-order valence-corrected chi connectivity index (χ2v) is 5.07. The van der Waals surface area contributed by atoms with Gasteiger partial charge in [-0.2, -0.15) is 5.10 Å². The van der Waals surface area contributed by atoms with Gasteiger partial charge < -0.3 is 5.73 Å². The summed E-state index contributed by atoms with van der Waals surface area (Å²) in [7, 11) is 0. The Morgan fingerprint density at radius 3 is 2.95 bits per heavy atom. The molecule has 6 heteroatoms. The molecule has 0 radical (unpaired) electrons. The van der Waals surface area contributed by atoms with Crippen LogP contribution in [0, 0.1) is 0 Å². The highest BCUT2D eigenvalue weighted by molar-refractivity contribution is 6.17. The lowest BCUT2D eigenvalue weighted by molar-refractivity contribution is 0.569. The topological polar surface area (TPSA) is 56.7 Å². The van der Waals surface area contributed by atoms with Crippen LogP contribution in [0.5, 0.6) is 0 Å². The molecule has 2 aromatic rings. The molecule has 20 heavy (non-hydrogen) atoms. The molecule has 0 atom stereocenters. The van der Waals surface area contributed by atoms with Crippen molar-refractivity contribution in [2.75, 3.05) is 6.54 Å². The van der Waals surface area contributed by atoms with Gasteiger partial charge in [0, 0.05) is 30.1 Å². The molecule has 2 N–H and O–H groups in total. The van der Waals surface area contributed by atoms with Crippen molar-refractivity contribution in [2.24, 2.45) is 5.73 Å². The van der Waals surface area contributed by atoms with Crippen molar-refractivity contribution in [2.45, 2.75) is 31.7 Å². The first-order chi connectivity index (χ1) is 9.35. The largest absolute Gasteiger partial charge is 0.330 e. The SMILES string of the molecule is Cl.NCCCn1nc2c(c1CCl)CCc1cnccc1-2. The van der Waals surface area contributed by atoms with Gasteiger partial charge in [0.05, 0.1) is 17.3 Å². The summed E-state index contributed by atoms with van der Waals surface area (Å²) < 4.78 is 2.03. The molecule has 108 valence electrons. The van der Waals surface area contributed by atoms with Crippen LogP contribution >= 0.6 is 24.0 Å². The number of hydrogen-bond donors (Lipinski definition) is 1. The fourth-order valence-corrected chi connectivity index (χ4v) is 3.00. The quantitative estimate of drug-likeness (QED) is 0.883. The highest BCUT2D eigenvalue weighted by atomic mass is 35.5. The molecule has 0 aliphatic heterocycles. The van der Waals surface area contributed by atoms with Gasteiger partial charge in [-0.25, -0.2) is 0 Å². The standard InChI is InChI=1S/C14H17ClN4.ClH/c15-8-13-12-3-2-10-9-17-6-4-11(10)14(12)18-19(13)7-1-5-16;/h4,6,9H,1-3,5,7-8,16H2;1H. The van der Waals surface area contributed by atoms with Crippen LogP contribution in [0.1, 0.15) is 23.2 Å². The summed E-state index contributed by atoms with van der Waals surface area (Å²) in [6.07, 6.45) is 6.71. The Bertz CT molecular complexity index is 595. The van der Waals surface area contributed by atoms with Crippen LogP contribution in [0.25, 0.3) is 11.3 Å². The average Bonchev–Trinajstić information content (AvgIpc) is 2.82.